The summed E-state index contributed by atoms with van der Waals surface area (Å²) in [6.07, 6.45) is 0. The molecule has 0 radical (unpaired) electrons. The van der Waals surface area contributed by atoms with E-state index < -0.39 is 23.1 Å². The van der Waals surface area contributed by atoms with Crippen LogP contribution in [0, 0.1) is 0 Å². The summed E-state index contributed by atoms with van der Waals surface area (Å²) in [7, 11) is 0. The molecule has 2 aliphatic rings. The molecule has 0 unspecified atom stereocenters. The summed E-state index contributed by atoms with van der Waals surface area (Å²) < 4.78 is 11.3. The van der Waals surface area contributed by atoms with Crippen molar-refractivity contribution in [1.29, 1.82) is 0 Å². The molecule has 1 N–H and O–H groups in total. The SMILES string of the molecule is O=C1N(c2ccccc2)c2ccccc2[C@]1(O)[C@]1(c2ccccc2)OCCOC1=O. The molecular weight excluding hydrogens is 382 g/mol. The zero-order valence-corrected chi connectivity index (χ0v) is 16.0. The van der Waals surface area contributed by atoms with Crippen molar-refractivity contribution < 1.29 is 24.2 Å². The number of ether oxygens (including phenoxy) is 2. The maximum atomic E-state index is 13.9. The molecule has 2 heterocycles. The number of fused-ring (bicyclic) bond motifs is 1. The van der Waals surface area contributed by atoms with Gasteiger partial charge in [-0.2, -0.15) is 0 Å². The molecule has 1 amide bonds. The van der Waals surface area contributed by atoms with Gasteiger partial charge in [-0.25, -0.2) is 4.79 Å². The number of benzene rings is 3. The van der Waals surface area contributed by atoms with Crippen LogP contribution in [0.1, 0.15) is 11.1 Å². The van der Waals surface area contributed by atoms with Gasteiger partial charge in [0.25, 0.3) is 5.91 Å². The number of hydrogen-bond donors (Lipinski definition) is 1. The number of anilines is 2. The lowest BCUT2D eigenvalue weighted by Gasteiger charge is -2.44. The highest BCUT2D eigenvalue weighted by atomic mass is 16.6. The van der Waals surface area contributed by atoms with Crippen LogP contribution in [0.25, 0.3) is 0 Å². The zero-order chi connectivity index (χ0) is 20.8. The maximum Gasteiger partial charge on any atom is 0.347 e. The number of carbonyl (C=O) groups is 2. The van der Waals surface area contributed by atoms with Crippen LogP contribution in [-0.4, -0.2) is 30.2 Å². The van der Waals surface area contributed by atoms with Crippen LogP contribution in [0.2, 0.25) is 0 Å². The molecule has 3 aromatic rings. The Labute approximate surface area is 173 Å². The molecule has 0 bridgehead atoms. The van der Waals surface area contributed by atoms with E-state index in [1.807, 2.05) is 6.07 Å². The van der Waals surface area contributed by atoms with E-state index in [2.05, 4.69) is 0 Å². The number of carbonyl (C=O) groups excluding carboxylic acids is 2. The molecule has 0 aliphatic carbocycles. The second-order valence-corrected chi connectivity index (χ2v) is 7.24. The molecule has 6 heteroatoms. The third-order valence-corrected chi connectivity index (χ3v) is 5.67. The second-order valence-electron chi connectivity index (χ2n) is 7.24. The standard InChI is InChI=1S/C24H19NO5/c26-21-23(28,24(17-9-3-1-4-10-17)22(27)29-15-16-30-24)19-13-7-8-14-20(19)25(21)18-11-5-2-6-12-18/h1-14,28H,15-16H2/t23-,24-/m1/s1. The van der Waals surface area contributed by atoms with Gasteiger partial charge in [-0.05, 0) is 23.8 Å². The molecular formula is C24H19NO5. The van der Waals surface area contributed by atoms with Crippen molar-refractivity contribution in [1.82, 2.24) is 0 Å². The summed E-state index contributed by atoms with van der Waals surface area (Å²) in [4.78, 5) is 28.5. The van der Waals surface area contributed by atoms with E-state index in [9.17, 15) is 14.7 Å². The van der Waals surface area contributed by atoms with Crippen LogP contribution in [-0.2, 0) is 30.3 Å². The molecule has 1 saturated heterocycles. The fourth-order valence-electron chi connectivity index (χ4n) is 4.36. The van der Waals surface area contributed by atoms with E-state index in [4.69, 9.17) is 9.47 Å². The number of hydrogen-bond acceptors (Lipinski definition) is 5. The van der Waals surface area contributed by atoms with Gasteiger partial charge in [0, 0.05) is 11.3 Å². The number of esters is 1. The highest BCUT2D eigenvalue weighted by Gasteiger charge is 2.70. The number of para-hydroxylation sites is 2. The Kier molecular flexibility index (Phi) is 4.20. The number of cyclic esters (lactones) is 1. The highest BCUT2D eigenvalue weighted by molar-refractivity contribution is 6.15. The summed E-state index contributed by atoms with van der Waals surface area (Å²) in [5.74, 6) is -1.46. The van der Waals surface area contributed by atoms with Gasteiger partial charge in [-0.15, -0.1) is 0 Å². The Balaban J connectivity index is 1.80. The van der Waals surface area contributed by atoms with Crippen LogP contribution < -0.4 is 4.90 Å². The Morgan fingerprint density at radius 3 is 2.13 bits per heavy atom. The number of aliphatic hydroxyl groups is 1. The molecule has 0 spiro atoms. The van der Waals surface area contributed by atoms with Gasteiger partial charge in [0.2, 0.25) is 11.2 Å². The van der Waals surface area contributed by atoms with Gasteiger partial charge in [-0.1, -0.05) is 66.7 Å². The minimum atomic E-state index is -2.31. The molecule has 3 aromatic carbocycles. The van der Waals surface area contributed by atoms with Crippen LogP contribution in [0.4, 0.5) is 11.4 Å². The Bertz CT molecular complexity index is 1120. The first-order valence-electron chi connectivity index (χ1n) is 9.69. The van der Waals surface area contributed by atoms with Gasteiger partial charge in [0.15, 0.2) is 0 Å². The van der Waals surface area contributed by atoms with E-state index in [0.717, 1.165) is 0 Å². The topological polar surface area (TPSA) is 76.1 Å². The molecule has 2 aliphatic heterocycles. The van der Waals surface area contributed by atoms with E-state index >= 15 is 0 Å². The highest BCUT2D eigenvalue weighted by Crippen LogP contribution is 2.55. The minimum absolute atomic E-state index is 0.0573. The largest absolute Gasteiger partial charge is 0.461 e. The molecule has 6 nitrogen and oxygen atoms in total. The lowest BCUT2D eigenvalue weighted by molar-refractivity contribution is -0.238. The molecule has 5 rings (SSSR count). The Hall–Kier alpha value is -3.48. The van der Waals surface area contributed by atoms with Crippen LogP contribution >= 0.6 is 0 Å². The number of amides is 1. The van der Waals surface area contributed by atoms with Gasteiger partial charge >= 0.3 is 5.97 Å². The average molecular weight is 401 g/mol. The monoisotopic (exact) mass is 401 g/mol. The van der Waals surface area contributed by atoms with Crippen molar-refractivity contribution in [2.45, 2.75) is 11.2 Å². The van der Waals surface area contributed by atoms with Crippen LogP contribution in [0.15, 0.2) is 84.9 Å². The fourth-order valence-corrected chi connectivity index (χ4v) is 4.36. The predicted molar refractivity (Wildman–Crippen MR) is 109 cm³/mol. The molecule has 1 fully saturated rings. The van der Waals surface area contributed by atoms with E-state index in [1.54, 1.807) is 78.9 Å². The smallest absolute Gasteiger partial charge is 0.347 e. The van der Waals surface area contributed by atoms with Crippen molar-refractivity contribution >= 4 is 23.3 Å². The molecule has 0 saturated carbocycles. The quantitative estimate of drug-likeness (QED) is 0.683. The van der Waals surface area contributed by atoms with Gasteiger partial charge in [0.05, 0.1) is 12.3 Å². The van der Waals surface area contributed by atoms with Gasteiger partial charge < -0.3 is 14.6 Å². The van der Waals surface area contributed by atoms with Crippen molar-refractivity contribution in [2.75, 3.05) is 18.1 Å². The molecule has 150 valence electrons. The lowest BCUT2D eigenvalue weighted by Crippen LogP contribution is -2.63. The first kappa shape index (κ1) is 18.5. The van der Waals surface area contributed by atoms with Gasteiger partial charge in [0.1, 0.15) is 6.61 Å². The van der Waals surface area contributed by atoms with Crippen molar-refractivity contribution in [3.05, 3.63) is 96.1 Å². The Morgan fingerprint density at radius 2 is 1.43 bits per heavy atom. The summed E-state index contributed by atoms with van der Waals surface area (Å²) in [5.41, 5.74) is -2.61. The van der Waals surface area contributed by atoms with E-state index in [0.29, 0.717) is 22.5 Å². The minimum Gasteiger partial charge on any atom is -0.461 e. The van der Waals surface area contributed by atoms with E-state index in [1.165, 1.54) is 4.90 Å². The molecule has 30 heavy (non-hydrogen) atoms. The first-order chi connectivity index (χ1) is 14.6. The first-order valence-corrected chi connectivity index (χ1v) is 9.69. The predicted octanol–water partition coefficient (Wildman–Crippen LogP) is 3.02. The molecule has 2 atom stereocenters. The average Bonchev–Trinajstić information content (AvgIpc) is 3.03. The maximum absolute atomic E-state index is 13.9. The summed E-state index contributed by atoms with van der Waals surface area (Å²) in [5, 5.41) is 12.1. The normalized spacial score (nSPS) is 25.7. The van der Waals surface area contributed by atoms with Crippen LogP contribution in [0.3, 0.4) is 0 Å². The van der Waals surface area contributed by atoms with Crippen LogP contribution in [0.5, 0.6) is 0 Å². The zero-order valence-electron chi connectivity index (χ0n) is 16.0. The number of nitrogens with zero attached hydrogens (tertiary/aromatic N) is 1. The second kappa shape index (κ2) is 6.79. The van der Waals surface area contributed by atoms with E-state index in [-0.39, 0.29) is 13.2 Å². The fraction of sp³-hybridized carbons (Fsp3) is 0.167. The third kappa shape index (κ3) is 2.32. The summed E-state index contributed by atoms with van der Waals surface area (Å²) >= 11 is 0. The number of rotatable bonds is 3. The van der Waals surface area contributed by atoms with Crippen molar-refractivity contribution in [3.63, 3.8) is 0 Å². The lowest BCUT2D eigenvalue weighted by atomic mass is 9.73. The Morgan fingerprint density at radius 1 is 0.800 bits per heavy atom. The van der Waals surface area contributed by atoms with Gasteiger partial charge in [-0.3, -0.25) is 9.69 Å². The summed E-state index contributed by atoms with van der Waals surface area (Å²) in [6.45, 7) is 0.117. The third-order valence-electron chi connectivity index (χ3n) is 5.67. The van der Waals surface area contributed by atoms with Crippen molar-refractivity contribution in [2.24, 2.45) is 0 Å². The summed E-state index contributed by atoms with van der Waals surface area (Å²) in [6, 6.07) is 24.5. The van der Waals surface area contributed by atoms with Crippen molar-refractivity contribution in [3.8, 4) is 0 Å². The molecule has 0 aromatic heterocycles.